The Kier molecular flexibility index (Phi) is 5.28. The highest BCUT2D eigenvalue weighted by molar-refractivity contribution is 6.33. The zero-order chi connectivity index (χ0) is 18.8. The molecule has 0 spiro atoms. The number of fused-ring (bicyclic) bond motifs is 1. The first-order valence-electron chi connectivity index (χ1n) is 8.85. The molecule has 2 aromatic carbocycles. The first kappa shape index (κ1) is 18.4. The van der Waals surface area contributed by atoms with Gasteiger partial charge in [-0.2, -0.15) is 0 Å². The van der Waals surface area contributed by atoms with Crippen molar-refractivity contribution in [3.63, 3.8) is 0 Å². The van der Waals surface area contributed by atoms with Crippen molar-refractivity contribution in [3.8, 4) is 11.3 Å². The Balaban J connectivity index is 2.22. The van der Waals surface area contributed by atoms with E-state index in [9.17, 15) is 4.79 Å². The number of nitrogens with zero attached hydrogens (tertiary/aromatic N) is 2. The Morgan fingerprint density at radius 3 is 2.65 bits per heavy atom. The normalized spacial score (nSPS) is 12.2. The number of aromatic nitrogens is 1. The smallest absolute Gasteiger partial charge is 0.272 e. The van der Waals surface area contributed by atoms with Crippen molar-refractivity contribution in [2.45, 2.75) is 33.2 Å². The summed E-state index contributed by atoms with van der Waals surface area (Å²) >= 11 is 6.46. The van der Waals surface area contributed by atoms with Crippen LogP contribution in [0.15, 0.2) is 48.5 Å². The van der Waals surface area contributed by atoms with Gasteiger partial charge in [-0.3, -0.25) is 4.79 Å². The van der Waals surface area contributed by atoms with Gasteiger partial charge in [0.2, 0.25) is 0 Å². The molecule has 1 amide bonds. The summed E-state index contributed by atoms with van der Waals surface area (Å²) in [6, 6.07) is 15.9. The van der Waals surface area contributed by atoms with Crippen molar-refractivity contribution in [1.29, 1.82) is 0 Å². The van der Waals surface area contributed by atoms with Crippen LogP contribution in [0.3, 0.4) is 0 Å². The zero-order valence-corrected chi connectivity index (χ0v) is 16.3. The Morgan fingerprint density at radius 1 is 1.19 bits per heavy atom. The molecule has 1 aromatic heterocycles. The molecule has 3 nitrogen and oxygen atoms in total. The maximum atomic E-state index is 13.0. The van der Waals surface area contributed by atoms with Crippen molar-refractivity contribution in [2.24, 2.45) is 0 Å². The summed E-state index contributed by atoms with van der Waals surface area (Å²) in [5, 5.41) is 2.60. The molecule has 0 aliphatic carbocycles. The summed E-state index contributed by atoms with van der Waals surface area (Å²) in [7, 11) is 1.83. The van der Waals surface area contributed by atoms with Crippen LogP contribution in [0.4, 0.5) is 0 Å². The number of carbonyl (C=O) groups is 1. The van der Waals surface area contributed by atoms with Crippen LogP contribution < -0.4 is 0 Å². The number of rotatable bonds is 4. The van der Waals surface area contributed by atoms with Gasteiger partial charge in [-0.1, -0.05) is 54.4 Å². The van der Waals surface area contributed by atoms with Crippen LogP contribution in [0.2, 0.25) is 5.02 Å². The number of pyridine rings is 1. The first-order valence-corrected chi connectivity index (χ1v) is 9.23. The van der Waals surface area contributed by atoms with E-state index in [0.717, 1.165) is 34.0 Å². The van der Waals surface area contributed by atoms with Gasteiger partial charge in [0.15, 0.2) is 0 Å². The third-order valence-corrected chi connectivity index (χ3v) is 5.24. The Hall–Kier alpha value is -2.39. The van der Waals surface area contributed by atoms with Crippen LogP contribution in [-0.4, -0.2) is 28.9 Å². The van der Waals surface area contributed by atoms with Gasteiger partial charge >= 0.3 is 0 Å². The Labute approximate surface area is 159 Å². The number of halogens is 1. The summed E-state index contributed by atoms with van der Waals surface area (Å²) in [4.78, 5) is 19.4. The van der Waals surface area contributed by atoms with Gasteiger partial charge in [0.1, 0.15) is 5.69 Å². The Morgan fingerprint density at radius 2 is 1.92 bits per heavy atom. The molecule has 1 unspecified atom stereocenters. The molecule has 0 saturated heterocycles. The topological polar surface area (TPSA) is 33.2 Å². The number of benzene rings is 2. The minimum absolute atomic E-state index is 0.0740. The van der Waals surface area contributed by atoms with E-state index in [1.807, 2.05) is 69.4 Å². The summed E-state index contributed by atoms with van der Waals surface area (Å²) < 4.78 is 0. The van der Waals surface area contributed by atoms with Crippen molar-refractivity contribution in [1.82, 2.24) is 9.88 Å². The van der Waals surface area contributed by atoms with Crippen LogP contribution in [0.1, 0.15) is 36.3 Å². The molecule has 1 atom stereocenters. The van der Waals surface area contributed by atoms with E-state index in [2.05, 4.69) is 6.92 Å². The van der Waals surface area contributed by atoms with E-state index < -0.39 is 0 Å². The van der Waals surface area contributed by atoms with E-state index in [1.54, 1.807) is 4.90 Å². The monoisotopic (exact) mass is 366 g/mol. The second-order valence-electron chi connectivity index (χ2n) is 6.73. The molecule has 3 aromatic rings. The number of carbonyl (C=O) groups excluding carboxylic acids is 1. The van der Waals surface area contributed by atoms with Crippen LogP contribution in [0.5, 0.6) is 0 Å². The summed E-state index contributed by atoms with van der Waals surface area (Å²) in [5.41, 5.74) is 3.14. The van der Waals surface area contributed by atoms with E-state index >= 15 is 0 Å². The highest BCUT2D eigenvalue weighted by Crippen LogP contribution is 2.33. The minimum Gasteiger partial charge on any atom is -0.338 e. The molecular formula is C22H23ClN2O. The fourth-order valence-electron chi connectivity index (χ4n) is 2.99. The van der Waals surface area contributed by atoms with Gasteiger partial charge in [-0.25, -0.2) is 4.98 Å². The SMILES string of the molecule is CCC(C)N(C)C(=O)c1cc2ccccc2c(-c2cc(C)ccc2Cl)n1. The molecule has 0 saturated carbocycles. The molecular weight excluding hydrogens is 344 g/mol. The maximum Gasteiger partial charge on any atom is 0.272 e. The average Bonchev–Trinajstić information content (AvgIpc) is 2.67. The number of hydrogen-bond donors (Lipinski definition) is 0. The van der Waals surface area contributed by atoms with Crippen LogP contribution in [0, 0.1) is 6.92 Å². The second-order valence-corrected chi connectivity index (χ2v) is 7.14. The van der Waals surface area contributed by atoms with Gasteiger partial charge in [0.25, 0.3) is 5.91 Å². The van der Waals surface area contributed by atoms with E-state index in [-0.39, 0.29) is 11.9 Å². The summed E-state index contributed by atoms with van der Waals surface area (Å²) in [5.74, 6) is -0.0740. The molecule has 0 N–H and O–H groups in total. The van der Waals surface area contributed by atoms with Gasteiger partial charge in [-0.15, -0.1) is 0 Å². The highest BCUT2D eigenvalue weighted by atomic mass is 35.5. The molecule has 0 aliphatic heterocycles. The lowest BCUT2D eigenvalue weighted by atomic mass is 10.0. The molecule has 134 valence electrons. The van der Waals surface area contributed by atoms with Crippen molar-refractivity contribution in [2.75, 3.05) is 7.05 Å². The third-order valence-electron chi connectivity index (χ3n) is 4.91. The Bertz CT molecular complexity index is 968. The lowest BCUT2D eigenvalue weighted by Gasteiger charge is -2.24. The van der Waals surface area contributed by atoms with Crippen LogP contribution >= 0.6 is 11.6 Å². The van der Waals surface area contributed by atoms with Crippen LogP contribution in [0.25, 0.3) is 22.0 Å². The van der Waals surface area contributed by atoms with Crippen molar-refractivity contribution in [3.05, 3.63) is 64.8 Å². The van der Waals surface area contributed by atoms with Gasteiger partial charge in [0, 0.05) is 29.1 Å². The molecule has 3 rings (SSSR count). The maximum absolute atomic E-state index is 13.0. The quantitative estimate of drug-likeness (QED) is 0.590. The van der Waals surface area contributed by atoms with Crippen molar-refractivity contribution < 1.29 is 4.79 Å². The van der Waals surface area contributed by atoms with Gasteiger partial charge in [0.05, 0.1) is 5.69 Å². The molecule has 0 bridgehead atoms. The number of hydrogen-bond acceptors (Lipinski definition) is 2. The molecule has 0 aliphatic rings. The zero-order valence-electron chi connectivity index (χ0n) is 15.6. The fraction of sp³-hybridized carbons (Fsp3) is 0.273. The third kappa shape index (κ3) is 3.45. The lowest BCUT2D eigenvalue weighted by molar-refractivity contribution is 0.0735. The largest absolute Gasteiger partial charge is 0.338 e. The second kappa shape index (κ2) is 7.46. The van der Waals surface area contributed by atoms with Crippen LogP contribution in [-0.2, 0) is 0 Å². The number of aryl methyl sites for hydroxylation is 1. The molecule has 0 fully saturated rings. The number of amides is 1. The predicted octanol–water partition coefficient (Wildman–Crippen LogP) is 5.73. The van der Waals surface area contributed by atoms with E-state index in [4.69, 9.17) is 16.6 Å². The lowest BCUT2D eigenvalue weighted by Crippen LogP contribution is -2.35. The van der Waals surface area contributed by atoms with Gasteiger partial charge < -0.3 is 4.90 Å². The van der Waals surface area contributed by atoms with E-state index in [1.165, 1.54) is 0 Å². The predicted molar refractivity (Wildman–Crippen MR) is 109 cm³/mol. The van der Waals surface area contributed by atoms with Crippen molar-refractivity contribution >= 4 is 28.3 Å². The summed E-state index contributed by atoms with van der Waals surface area (Å²) in [6.45, 7) is 6.13. The highest BCUT2D eigenvalue weighted by Gasteiger charge is 2.20. The fourth-order valence-corrected chi connectivity index (χ4v) is 3.20. The average molecular weight is 367 g/mol. The molecule has 26 heavy (non-hydrogen) atoms. The van der Waals surface area contributed by atoms with Gasteiger partial charge in [-0.05, 0) is 43.9 Å². The molecule has 1 heterocycles. The first-order chi connectivity index (χ1) is 12.4. The van der Waals surface area contributed by atoms with E-state index in [0.29, 0.717) is 10.7 Å². The summed E-state index contributed by atoms with van der Waals surface area (Å²) in [6.07, 6.45) is 0.895. The molecule has 4 heteroatoms. The molecule has 0 radical (unpaired) electrons. The minimum atomic E-state index is -0.0740. The standard InChI is InChI=1S/C22H23ClN2O/c1-5-15(3)25(4)22(26)20-13-16-8-6-7-9-17(16)21(24-20)18-12-14(2)10-11-19(18)23/h6-13,15H,5H2,1-4H3.